The van der Waals surface area contributed by atoms with E-state index in [9.17, 15) is 0 Å². The number of nitriles is 1. The summed E-state index contributed by atoms with van der Waals surface area (Å²) in [5, 5.41) is 8.48. The van der Waals surface area contributed by atoms with Gasteiger partial charge in [-0.25, -0.2) is 0 Å². The minimum Gasteiger partial charge on any atom is -0.198 e. The quantitative estimate of drug-likeness (QED) is 0.571. The molecule has 10 heavy (non-hydrogen) atoms. The van der Waals surface area contributed by atoms with Gasteiger partial charge in [0, 0.05) is 0 Å². The third-order valence-corrected chi connectivity index (χ3v) is 1.36. The summed E-state index contributed by atoms with van der Waals surface area (Å²) in [6.45, 7) is 3.67. The SMILES string of the molecule is [CH2]C(C#N)c1ccccc1. The highest BCUT2D eigenvalue weighted by Crippen LogP contribution is 2.11. The Balaban J connectivity index is 2.88. The molecule has 0 aliphatic carbocycles. The van der Waals surface area contributed by atoms with Crippen molar-refractivity contribution in [2.45, 2.75) is 5.92 Å². The van der Waals surface area contributed by atoms with Crippen LogP contribution in [0.2, 0.25) is 0 Å². The van der Waals surface area contributed by atoms with E-state index >= 15 is 0 Å². The van der Waals surface area contributed by atoms with Crippen LogP contribution in [0.25, 0.3) is 0 Å². The number of benzene rings is 1. The number of rotatable bonds is 1. The first-order chi connectivity index (χ1) is 4.84. The van der Waals surface area contributed by atoms with E-state index in [4.69, 9.17) is 5.26 Å². The summed E-state index contributed by atoms with van der Waals surface area (Å²) in [6, 6.07) is 11.6. The second-order valence-corrected chi connectivity index (χ2v) is 2.09. The summed E-state index contributed by atoms with van der Waals surface area (Å²) < 4.78 is 0. The maximum absolute atomic E-state index is 8.48. The van der Waals surface area contributed by atoms with Gasteiger partial charge in [-0.05, 0) is 12.5 Å². The highest BCUT2D eigenvalue weighted by molar-refractivity contribution is 5.25. The molecule has 0 aliphatic heterocycles. The van der Waals surface area contributed by atoms with Crippen LogP contribution in [-0.4, -0.2) is 0 Å². The van der Waals surface area contributed by atoms with Gasteiger partial charge in [0.05, 0.1) is 12.0 Å². The molecule has 0 N–H and O–H groups in total. The summed E-state index contributed by atoms with van der Waals surface area (Å²) >= 11 is 0. The van der Waals surface area contributed by atoms with Crippen LogP contribution in [0, 0.1) is 18.3 Å². The van der Waals surface area contributed by atoms with Crippen molar-refractivity contribution in [1.82, 2.24) is 0 Å². The van der Waals surface area contributed by atoms with Crippen LogP contribution in [0.1, 0.15) is 11.5 Å². The Hall–Kier alpha value is -1.29. The van der Waals surface area contributed by atoms with Crippen molar-refractivity contribution in [2.75, 3.05) is 0 Å². The summed E-state index contributed by atoms with van der Waals surface area (Å²) in [6.07, 6.45) is 0. The lowest BCUT2D eigenvalue weighted by atomic mass is 10.0. The van der Waals surface area contributed by atoms with Gasteiger partial charge < -0.3 is 0 Å². The van der Waals surface area contributed by atoms with Gasteiger partial charge >= 0.3 is 0 Å². The molecule has 0 heterocycles. The van der Waals surface area contributed by atoms with Gasteiger partial charge in [-0.1, -0.05) is 30.3 Å². The van der Waals surface area contributed by atoms with Crippen molar-refractivity contribution in [3.63, 3.8) is 0 Å². The van der Waals surface area contributed by atoms with Crippen molar-refractivity contribution in [3.8, 4) is 6.07 Å². The van der Waals surface area contributed by atoms with Crippen LogP contribution in [0.15, 0.2) is 30.3 Å². The number of hydrogen-bond acceptors (Lipinski definition) is 1. The lowest BCUT2D eigenvalue weighted by Gasteiger charge is -1.98. The molecule has 1 radical (unpaired) electrons. The molecule has 0 spiro atoms. The van der Waals surface area contributed by atoms with Gasteiger partial charge in [-0.2, -0.15) is 5.26 Å². The van der Waals surface area contributed by atoms with Gasteiger partial charge in [-0.15, -0.1) is 0 Å². The van der Waals surface area contributed by atoms with Gasteiger partial charge in [0.1, 0.15) is 0 Å². The van der Waals surface area contributed by atoms with E-state index in [2.05, 4.69) is 13.0 Å². The first-order valence-electron chi connectivity index (χ1n) is 3.12. The summed E-state index contributed by atoms with van der Waals surface area (Å²) in [4.78, 5) is 0. The van der Waals surface area contributed by atoms with Crippen LogP contribution in [0.4, 0.5) is 0 Å². The molecule has 49 valence electrons. The number of nitrogens with zero attached hydrogens (tertiary/aromatic N) is 1. The number of hydrogen-bond donors (Lipinski definition) is 0. The predicted octanol–water partition coefficient (Wildman–Crippen LogP) is 2.13. The van der Waals surface area contributed by atoms with Gasteiger partial charge in [-0.3, -0.25) is 0 Å². The van der Waals surface area contributed by atoms with Gasteiger partial charge in [0.15, 0.2) is 0 Å². The molecule has 1 unspecified atom stereocenters. The normalized spacial score (nSPS) is 12.0. The molecule has 0 aliphatic rings. The molecule has 0 fully saturated rings. The first kappa shape index (κ1) is 6.82. The van der Waals surface area contributed by atoms with Crippen molar-refractivity contribution < 1.29 is 0 Å². The molecular weight excluding hydrogens is 122 g/mol. The lowest BCUT2D eigenvalue weighted by molar-refractivity contribution is 1.09. The van der Waals surface area contributed by atoms with Gasteiger partial charge in [0.2, 0.25) is 0 Å². The minimum atomic E-state index is -0.235. The standard InChI is InChI=1S/C9H8N/c1-8(7-10)9-5-3-2-4-6-9/h2-6,8H,1H2. The third-order valence-electron chi connectivity index (χ3n) is 1.36. The first-order valence-corrected chi connectivity index (χ1v) is 3.12. The van der Waals surface area contributed by atoms with E-state index in [1.807, 2.05) is 30.3 Å². The highest BCUT2D eigenvalue weighted by Gasteiger charge is 1.99. The van der Waals surface area contributed by atoms with Crippen LogP contribution in [0.5, 0.6) is 0 Å². The maximum Gasteiger partial charge on any atom is 0.0713 e. The zero-order valence-electron chi connectivity index (χ0n) is 5.62. The maximum atomic E-state index is 8.48. The molecule has 1 nitrogen and oxygen atoms in total. The fraction of sp³-hybridized carbons (Fsp3) is 0.111. The molecule has 1 heteroatoms. The molecule has 1 atom stereocenters. The third kappa shape index (κ3) is 1.35. The minimum absolute atomic E-state index is 0.235. The Labute approximate surface area is 60.9 Å². The molecule has 0 bridgehead atoms. The topological polar surface area (TPSA) is 23.8 Å². The van der Waals surface area contributed by atoms with E-state index in [1.165, 1.54) is 0 Å². The fourth-order valence-electron chi connectivity index (χ4n) is 0.760. The van der Waals surface area contributed by atoms with Crippen molar-refractivity contribution in [1.29, 1.82) is 5.26 Å². The Morgan fingerprint density at radius 1 is 1.30 bits per heavy atom. The van der Waals surface area contributed by atoms with Crippen LogP contribution in [0.3, 0.4) is 0 Å². The molecule has 1 rings (SSSR count). The Kier molecular flexibility index (Phi) is 2.07. The summed E-state index contributed by atoms with van der Waals surface area (Å²) in [5.74, 6) is -0.235. The van der Waals surface area contributed by atoms with E-state index in [-0.39, 0.29) is 5.92 Å². The van der Waals surface area contributed by atoms with Crippen molar-refractivity contribution >= 4 is 0 Å². The van der Waals surface area contributed by atoms with E-state index in [0.29, 0.717) is 0 Å². The monoisotopic (exact) mass is 130 g/mol. The van der Waals surface area contributed by atoms with Gasteiger partial charge in [0.25, 0.3) is 0 Å². The summed E-state index contributed by atoms with van der Waals surface area (Å²) in [5.41, 5.74) is 0.977. The second-order valence-electron chi connectivity index (χ2n) is 2.09. The average Bonchev–Trinajstić information content (AvgIpc) is 2.05. The lowest BCUT2D eigenvalue weighted by Crippen LogP contribution is -1.87. The second kappa shape index (κ2) is 3.03. The van der Waals surface area contributed by atoms with E-state index in [1.54, 1.807) is 0 Å². The molecular formula is C9H8N. The van der Waals surface area contributed by atoms with Crippen molar-refractivity contribution in [3.05, 3.63) is 42.8 Å². The molecule has 1 aromatic rings. The zero-order valence-corrected chi connectivity index (χ0v) is 5.62. The van der Waals surface area contributed by atoms with Crippen LogP contribution >= 0.6 is 0 Å². The molecule has 1 aromatic carbocycles. The molecule has 0 saturated heterocycles. The Bertz CT molecular complexity index is 233. The van der Waals surface area contributed by atoms with E-state index < -0.39 is 0 Å². The smallest absolute Gasteiger partial charge is 0.0713 e. The van der Waals surface area contributed by atoms with Crippen LogP contribution < -0.4 is 0 Å². The zero-order chi connectivity index (χ0) is 7.40. The molecule has 0 saturated carbocycles. The largest absolute Gasteiger partial charge is 0.198 e. The molecule has 0 aromatic heterocycles. The summed E-state index contributed by atoms with van der Waals surface area (Å²) in [7, 11) is 0. The molecule has 0 amide bonds. The fourth-order valence-corrected chi connectivity index (χ4v) is 0.760. The van der Waals surface area contributed by atoms with Crippen LogP contribution in [-0.2, 0) is 0 Å². The average molecular weight is 130 g/mol. The van der Waals surface area contributed by atoms with Crippen molar-refractivity contribution in [2.24, 2.45) is 0 Å². The van der Waals surface area contributed by atoms with E-state index in [0.717, 1.165) is 5.56 Å². The Morgan fingerprint density at radius 2 is 1.90 bits per heavy atom. The highest BCUT2D eigenvalue weighted by atomic mass is 14.3. The Morgan fingerprint density at radius 3 is 2.40 bits per heavy atom. The predicted molar refractivity (Wildman–Crippen MR) is 40.2 cm³/mol.